The van der Waals surface area contributed by atoms with Gasteiger partial charge in [-0.3, -0.25) is 9.59 Å². The zero-order chi connectivity index (χ0) is 18.2. The maximum absolute atomic E-state index is 12.0. The van der Waals surface area contributed by atoms with Gasteiger partial charge in [0.05, 0.1) is 20.1 Å². The van der Waals surface area contributed by atoms with Crippen molar-refractivity contribution in [1.29, 1.82) is 0 Å². The average Bonchev–Trinajstić information content (AvgIpc) is 2.61. The second-order valence-corrected chi connectivity index (χ2v) is 5.05. The number of nitrogens with one attached hydrogen (secondary N) is 1. The van der Waals surface area contributed by atoms with E-state index in [1.807, 2.05) is 0 Å². The van der Waals surface area contributed by atoms with Crippen molar-refractivity contribution < 1.29 is 24.1 Å². The Hall–Kier alpha value is -2.94. The Labute approximate surface area is 143 Å². The summed E-state index contributed by atoms with van der Waals surface area (Å²) in [5.41, 5.74) is 0.202. The lowest BCUT2D eigenvalue weighted by Crippen LogP contribution is -2.18. The molecule has 2 aromatic rings. The van der Waals surface area contributed by atoms with Crippen LogP contribution in [0.3, 0.4) is 0 Å². The number of methoxy groups -OCH3 is 2. The first-order valence-electron chi connectivity index (χ1n) is 7.53. The van der Waals surface area contributed by atoms with Gasteiger partial charge in [-0.05, 0) is 18.2 Å². The molecule has 0 fully saturated rings. The van der Waals surface area contributed by atoms with Crippen molar-refractivity contribution in [1.82, 2.24) is 15.2 Å². The Kier molecular flexibility index (Phi) is 6.47. The van der Waals surface area contributed by atoms with Crippen LogP contribution in [0.4, 0.5) is 0 Å². The minimum atomic E-state index is -1.00. The second-order valence-electron chi connectivity index (χ2n) is 5.05. The molecule has 0 aliphatic heterocycles. The summed E-state index contributed by atoms with van der Waals surface area (Å²) >= 11 is 0. The van der Waals surface area contributed by atoms with Gasteiger partial charge in [0, 0.05) is 19.1 Å². The van der Waals surface area contributed by atoms with Crippen LogP contribution in [0.25, 0.3) is 11.4 Å². The van der Waals surface area contributed by atoms with Gasteiger partial charge in [0.15, 0.2) is 17.3 Å². The number of ether oxygens (including phenoxy) is 3. The van der Waals surface area contributed by atoms with Gasteiger partial charge in [-0.1, -0.05) is 0 Å². The second kappa shape index (κ2) is 8.78. The van der Waals surface area contributed by atoms with Crippen LogP contribution in [0.2, 0.25) is 0 Å². The van der Waals surface area contributed by atoms with Gasteiger partial charge >= 0.3 is 5.97 Å². The first-order valence-corrected chi connectivity index (χ1v) is 7.53. The number of H-pyrrole nitrogens is 1. The number of hydrogen-bond donors (Lipinski definition) is 2. The van der Waals surface area contributed by atoms with Crippen LogP contribution in [-0.4, -0.2) is 53.7 Å². The van der Waals surface area contributed by atoms with Crippen LogP contribution in [0, 0.1) is 0 Å². The summed E-state index contributed by atoms with van der Waals surface area (Å²) in [6.07, 6.45) is -0.161. The van der Waals surface area contributed by atoms with E-state index in [-0.39, 0.29) is 24.4 Å². The summed E-state index contributed by atoms with van der Waals surface area (Å²) in [7, 11) is 3.09. The van der Waals surface area contributed by atoms with E-state index in [4.69, 9.17) is 19.3 Å². The van der Waals surface area contributed by atoms with E-state index < -0.39 is 11.5 Å². The monoisotopic (exact) mass is 349 g/mol. The molecule has 9 nitrogen and oxygen atoms in total. The molecule has 0 aliphatic rings. The Balaban J connectivity index is 2.21. The minimum absolute atomic E-state index is 0.0214. The molecule has 2 rings (SSSR count). The fraction of sp³-hybridized carbons (Fsp3) is 0.375. The summed E-state index contributed by atoms with van der Waals surface area (Å²) < 4.78 is 15.8. The molecule has 134 valence electrons. The number of aromatic amines is 1. The van der Waals surface area contributed by atoms with Gasteiger partial charge in [0.1, 0.15) is 12.3 Å². The van der Waals surface area contributed by atoms with Crippen molar-refractivity contribution in [2.24, 2.45) is 0 Å². The lowest BCUT2D eigenvalue weighted by atomic mass is 10.2. The lowest BCUT2D eigenvalue weighted by molar-refractivity contribution is -0.136. The molecule has 0 saturated carbocycles. The van der Waals surface area contributed by atoms with Gasteiger partial charge in [0.25, 0.3) is 5.56 Å². The standard InChI is InChI=1S/C16H19N3O6/c1-23-7-8-25-12-5-3-10(9-13(12)24-2)15-17-16(22)11(18-19-15)4-6-14(20)21/h3,5,9H,4,6-8H2,1-2H3,(H,20,21)(H,17,19,22). The van der Waals surface area contributed by atoms with E-state index in [1.165, 1.54) is 7.11 Å². The molecule has 25 heavy (non-hydrogen) atoms. The summed E-state index contributed by atoms with van der Waals surface area (Å²) in [6, 6.07) is 5.07. The maximum atomic E-state index is 12.0. The summed E-state index contributed by atoms with van der Waals surface area (Å²) in [5.74, 6) is 0.271. The molecule has 0 atom stereocenters. The van der Waals surface area contributed by atoms with Crippen LogP contribution in [0.15, 0.2) is 23.0 Å². The van der Waals surface area contributed by atoms with E-state index >= 15 is 0 Å². The molecule has 0 radical (unpaired) electrons. The van der Waals surface area contributed by atoms with Gasteiger partial charge in [0.2, 0.25) is 0 Å². The minimum Gasteiger partial charge on any atom is -0.493 e. The number of aryl methyl sites for hydroxylation is 1. The van der Waals surface area contributed by atoms with Crippen molar-refractivity contribution in [2.45, 2.75) is 12.8 Å². The fourth-order valence-corrected chi connectivity index (χ4v) is 2.05. The summed E-state index contributed by atoms with van der Waals surface area (Å²) in [6.45, 7) is 0.822. The van der Waals surface area contributed by atoms with Crippen LogP contribution >= 0.6 is 0 Å². The molecular weight excluding hydrogens is 330 g/mol. The topological polar surface area (TPSA) is 124 Å². The van der Waals surface area contributed by atoms with Crippen LogP contribution < -0.4 is 15.0 Å². The Bertz CT molecular complexity index is 790. The molecule has 9 heteroatoms. The third-order valence-electron chi connectivity index (χ3n) is 3.32. The molecular formula is C16H19N3O6. The molecule has 1 heterocycles. The number of aromatic nitrogens is 3. The van der Waals surface area contributed by atoms with Gasteiger partial charge in [-0.2, -0.15) is 0 Å². The fourth-order valence-electron chi connectivity index (χ4n) is 2.05. The molecule has 0 saturated heterocycles. The van der Waals surface area contributed by atoms with E-state index in [2.05, 4.69) is 15.2 Å². The van der Waals surface area contributed by atoms with Crippen molar-refractivity contribution in [3.63, 3.8) is 0 Å². The van der Waals surface area contributed by atoms with Crippen LogP contribution in [0.5, 0.6) is 11.5 Å². The van der Waals surface area contributed by atoms with Gasteiger partial charge in [-0.25, -0.2) is 0 Å². The summed E-state index contributed by atoms with van der Waals surface area (Å²) in [5, 5.41) is 16.4. The largest absolute Gasteiger partial charge is 0.493 e. The molecule has 0 unspecified atom stereocenters. The first kappa shape index (κ1) is 18.4. The highest BCUT2D eigenvalue weighted by Crippen LogP contribution is 2.30. The van der Waals surface area contributed by atoms with Crippen molar-refractivity contribution in [3.8, 4) is 22.9 Å². The Morgan fingerprint density at radius 1 is 1.20 bits per heavy atom. The molecule has 2 N–H and O–H groups in total. The number of carboxylic acids is 1. The zero-order valence-corrected chi connectivity index (χ0v) is 13.9. The third-order valence-corrected chi connectivity index (χ3v) is 3.32. The Morgan fingerprint density at radius 3 is 2.64 bits per heavy atom. The third kappa shape index (κ3) is 5.01. The van der Waals surface area contributed by atoms with Gasteiger partial charge < -0.3 is 24.3 Å². The number of carboxylic acid groups (broad SMARTS) is 1. The van der Waals surface area contributed by atoms with Gasteiger partial charge in [-0.15, -0.1) is 10.2 Å². The SMILES string of the molecule is COCCOc1ccc(-c2nnc(CCC(=O)O)c(=O)[nH]2)cc1OC. The highest BCUT2D eigenvalue weighted by molar-refractivity contribution is 5.67. The predicted octanol–water partition coefficient (Wildman–Crippen LogP) is 0.883. The highest BCUT2D eigenvalue weighted by atomic mass is 16.5. The molecule has 0 bridgehead atoms. The van der Waals surface area contributed by atoms with E-state index in [9.17, 15) is 9.59 Å². The van der Waals surface area contributed by atoms with E-state index in [0.29, 0.717) is 30.3 Å². The van der Waals surface area contributed by atoms with E-state index in [1.54, 1.807) is 25.3 Å². The Morgan fingerprint density at radius 2 is 2.00 bits per heavy atom. The number of nitrogens with zero attached hydrogens (tertiary/aromatic N) is 2. The number of benzene rings is 1. The number of rotatable bonds is 9. The van der Waals surface area contributed by atoms with Crippen molar-refractivity contribution in [3.05, 3.63) is 34.2 Å². The quantitative estimate of drug-likeness (QED) is 0.640. The number of aliphatic carboxylic acids is 1. The van der Waals surface area contributed by atoms with Crippen molar-refractivity contribution >= 4 is 5.97 Å². The average molecular weight is 349 g/mol. The van der Waals surface area contributed by atoms with Crippen LogP contribution in [0.1, 0.15) is 12.1 Å². The first-order chi connectivity index (χ1) is 12.0. The smallest absolute Gasteiger partial charge is 0.303 e. The summed E-state index contributed by atoms with van der Waals surface area (Å²) in [4.78, 5) is 25.2. The zero-order valence-electron chi connectivity index (χ0n) is 13.9. The highest BCUT2D eigenvalue weighted by Gasteiger charge is 2.11. The molecule has 0 spiro atoms. The maximum Gasteiger partial charge on any atom is 0.303 e. The number of carbonyl (C=O) groups is 1. The lowest BCUT2D eigenvalue weighted by Gasteiger charge is -2.11. The number of hydrogen-bond acceptors (Lipinski definition) is 7. The molecule has 1 aromatic carbocycles. The normalized spacial score (nSPS) is 10.5. The van der Waals surface area contributed by atoms with Crippen molar-refractivity contribution in [2.75, 3.05) is 27.4 Å². The molecule has 1 aromatic heterocycles. The molecule has 0 amide bonds. The van der Waals surface area contributed by atoms with E-state index in [0.717, 1.165) is 0 Å². The predicted molar refractivity (Wildman–Crippen MR) is 88.0 cm³/mol. The van der Waals surface area contributed by atoms with Crippen LogP contribution in [-0.2, 0) is 16.0 Å². The molecule has 0 aliphatic carbocycles.